The molecule has 0 bridgehead atoms. The van der Waals surface area contributed by atoms with Crippen LogP contribution in [0, 0.1) is 0 Å². The van der Waals surface area contributed by atoms with Crippen LogP contribution in [-0.4, -0.2) is 13.1 Å². The van der Waals surface area contributed by atoms with E-state index in [1.807, 2.05) is 0 Å². The summed E-state index contributed by atoms with van der Waals surface area (Å²) < 4.78 is 0. The number of rotatable bonds is 6. The molecule has 0 heterocycles. The Bertz CT molecular complexity index is 636. The highest BCUT2D eigenvalue weighted by atomic mass is 14.8. The van der Waals surface area contributed by atoms with E-state index in [1.54, 1.807) is 0 Å². The quantitative estimate of drug-likeness (QED) is 0.613. The number of nitrogens with one attached hydrogen (secondary N) is 1. The van der Waals surface area contributed by atoms with Crippen LogP contribution in [0.1, 0.15) is 36.5 Å². The molecule has 3 aromatic carbocycles. The molecule has 0 aliphatic heterocycles. The van der Waals surface area contributed by atoms with E-state index in [1.165, 1.54) is 16.7 Å². The fourth-order valence-electron chi connectivity index (χ4n) is 2.90. The maximum atomic E-state index is 3.11. The van der Waals surface area contributed by atoms with Gasteiger partial charge in [-0.25, -0.2) is 0 Å². The van der Waals surface area contributed by atoms with E-state index >= 15 is 0 Å². The normalized spacial score (nSPS) is 10.2. The van der Waals surface area contributed by atoms with E-state index in [9.17, 15) is 0 Å². The van der Waals surface area contributed by atoms with Crippen molar-refractivity contribution in [1.82, 2.24) is 5.32 Å². The summed E-state index contributed by atoms with van der Waals surface area (Å²) in [5.74, 6) is 0.416. The Balaban J connectivity index is 0.000000399. The standard InChI is InChI=1S/C20H18.C4H11N/c1-4-10-17(11-5-1)16-20(18-12-6-2-7-13-18)19-14-8-3-9-15-19;1-3-5-4-2/h1-15,20H,16H2;5H,3-4H2,1-2H3. The van der Waals surface area contributed by atoms with Crippen molar-refractivity contribution in [2.45, 2.75) is 26.2 Å². The Morgan fingerprint density at radius 1 is 0.600 bits per heavy atom. The topological polar surface area (TPSA) is 12.0 Å². The van der Waals surface area contributed by atoms with E-state index in [4.69, 9.17) is 0 Å². The zero-order chi connectivity index (χ0) is 17.7. The Labute approximate surface area is 152 Å². The van der Waals surface area contributed by atoms with Gasteiger partial charge in [0.05, 0.1) is 0 Å². The molecule has 0 amide bonds. The maximum absolute atomic E-state index is 3.11. The van der Waals surface area contributed by atoms with Crippen LogP contribution in [-0.2, 0) is 6.42 Å². The lowest BCUT2D eigenvalue weighted by molar-refractivity contribution is 0.762. The second-order valence-corrected chi connectivity index (χ2v) is 6.02. The lowest BCUT2D eigenvalue weighted by Crippen LogP contribution is -2.09. The van der Waals surface area contributed by atoms with Crippen LogP contribution >= 0.6 is 0 Å². The molecule has 0 radical (unpaired) electrons. The van der Waals surface area contributed by atoms with E-state index in [0.717, 1.165) is 19.5 Å². The number of benzene rings is 3. The van der Waals surface area contributed by atoms with Gasteiger partial charge < -0.3 is 5.32 Å². The van der Waals surface area contributed by atoms with Crippen molar-refractivity contribution < 1.29 is 0 Å². The molecule has 130 valence electrons. The lowest BCUT2D eigenvalue weighted by Gasteiger charge is -2.18. The zero-order valence-electron chi connectivity index (χ0n) is 15.4. The average molecular weight is 332 g/mol. The molecule has 0 saturated heterocycles. The number of hydrogen-bond donors (Lipinski definition) is 1. The van der Waals surface area contributed by atoms with Crippen molar-refractivity contribution in [3.05, 3.63) is 108 Å². The Morgan fingerprint density at radius 3 is 1.36 bits per heavy atom. The van der Waals surface area contributed by atoms with Crippen LogP contribution in [0.4, 0.5) is 0 Å². The minimum absolute atomic E-state index is 0.416. The molecule has 1 nitrogen and oxygen atoms in total. The van der Waals surface area contributed by atoms with Crippen molar-refractivity contribution in [2.75, 3.05) is 13.1 Å². The largest absolute Gasteiger partial charge is 0.317 e. The van der Waals surface area contributed by atoms with Gasteiger partial charge in [0.25, 0.3) is 0 Å². The van der Waals surface area contributed by atoms with Gasteiger partial charge in [0, 0.05) is 5.92 Å². The monoisotopic (exact) mass is 331 g/mol. The second-order valence-electron chi connectivity index (χ2n) is 6.02. The van der Waals surface area contributed by atoms with Crippen molar-refractivity contribution in [3.8, 4) is 0 Å². The molecule has 0 atom stereocenters. The summed E-state index contributed by atoms with van der Waals surface area (Å²) in [6.45, 7) is 6.39. The third-order valence-corrected chi connectivity index (χ3v) is 4.19. The van der Waals surface area contributed by atoms with Gasteiger partial charge in [0.2, 0.25) is 0 Å². The lowest BCUT2D eigenvalue weighted by atomic mass is 9.86. The summed E-state index contributed by atoms with van der Waals surface area (Å²) in [5.41, 5.74) is 4.13. The van der Waals surface area contributed by atoms with E-state index < -0.39 is 0 Å². The summed E-state index contributed by atoms with van der Waals surface area (Å²) in [6.07, 6.45) is 1.04. The summed E-state index contributed by atoms with van der Waals surface area (Å²) in [5, 5.41) is 3.11. The molecule has 25 heavy (non-hydrogen) atoms. The molecule has 1 heteroatoms. The van der Waals surface area contributed by atoms with Gasteiger partial charge >= 0.3 is 0 Å². The summed E-state index contributed by atoms with van der Waals surface area (Å²) in [6, 6.07) is 32.2. The van der Waals surface area contributed by atoms with Crippen molar-refractivity contribution in [3.63, 3.8) is 0 Å². The third-order valence-electron chi connectivity index (χ3n) is 4.19. The average Bonchev–Trinajstić information content (AvgIpc) is 2.69. The van der Waals surface area contributed by atoms with E-state index in [-0.39, 0.29) is 0 Å². The molecule has 0 fully saturated rings. The van der Waals surface area contributed by atoms with Gasteiger partial charge in [-0.15, -0.1) is 0 Å². The minimum Gasteiger partial charge on any atom is -0.317 e. The van der Waals surface area contributed by atoms with Crippen LogP contribution in [0.3, 0.4) is 0 Å². The molecule has 1 N–H and O–H groups in total. The van der Waals surface area contributed by atoms with Crippen LogP contribution in [0.2, 0.25) is 0 Å². The molecule has 0 unspecified atom stereocenters. The van der Waals surface area contributed by atoms with E-state index in [0.29, 0.717) is 5.92 Å². The van der Waals surface area contributed by atoms with Gasteiger partial charge in [0.15, 0.2) is 0 Å². The first-order valence-corrected chi connectivity index (χ1v) is 9.19. The van der Waals surface area contributed by atoms with Crippen LogP contribution < -0.4 is 5.32 Å². The predicted molar refractivity (Wildman–Crippen MR) is 109 cm³/mol. The van der Waals surface area contributed by atoms with E-state index in [2.05, 4.69) is 110 Å². The fourth-order valence-corrected chi connectivity index (χ4v) is 2.90. The van der Waals surface area contributed by atoms with Gasteiger partial charge in [-0.2, -0.15) is 0 Å². The second kappa shape index (κ2) is 11.2. The van der Waals surface area contributed by atoms with Crippen molar-refractivity contribution in [2.24, 2.45) is 0 Å². The number of hydrogen-bond acceptors (Lipinski definition) is 1. The molecule has 0 aliphatic rings. The zero-order valence-corrected chi connectivity index (χ0v) is 15.4. The summed E-state index contributed by atoms with van der Waals surface area (Å²) in [7, 11) is 0. The molecule has 0 saturated carbocycles. The molecular formula is C24H29N. The molecule has 0 spiro atoms. The van der Waals surface area contributed by atoms with Gasteiger partial charge in [-0.3, -0.25) is 0 Å². The summed E-state index contributed by atoms with van der Waals surface area (Å²) in [4.78, 5) is 0. The van der Waals surface area contributed by atoms with Crippen molar-refractivity contribution >= 4 is 0 Å². The Kier molecular flexibility index (Phi) is 8.51. The Morgan fingerprint density at radius 2 is 1.00 bits per heavy atom. The highest BCUT2D eigenvalue weighted by Crippen LogP contribution is 2.28. The molecule has 0 aromatic heterocycles. The van der Waals surface area contributed by atoms with Gasteiger partial charge in [-0.05, 0) is 36.2 Å². The first kappa shape index (κ1) is 19.0. The summed E-state index contributed by atoms with van der Waals surface area (Å²) >= 11 is 0. The molecule has 0 aliphatic carbocycles. The minimum atomic E-state index is 0.416. The predicted octanol–water partition coefficient (Wildman–Crippen LogP) is 5.68. The van der Waals surface area contributed by atoms with Gasteiger partial charge in [0.1, 0.15) is 0 Å². The smallest absolute Gasteiger partial charge is 0.0130 e. The van der Waals surface area contributed by atoms with Crippen LogP contribution in [0.25, 0.3) is 0 Å². The van der Waals surface area contributed by atoms with Crippen LogP contribution in [0.5, 0.6) is 0 Å². The fraction of sp³-hybridized carbons (Fsp3) is 0.250. The SMILES string of the molecule is CCNCC.c1ccc(CC(c2ccccc2)c2ccccc2)cc1. The highest BCUT2D eigenvalue weighted by molar-refractivity contribution is 5.34. The van der Waals surface area contributed by atoms with Crippen molar-refractivity contribution in [1.29, 1.82) is 0 Å². The Hall–Kier alpha value is -2.38. The molecule has 3 aromatic rings. The van der Waals surface area contributed by atoms with Gasteiger partial charge in [-0.1, -0.05) is 105 Å². The first-order chi connectivity index (χ1) is 12.3. The third kappa shape index (κ3) is 6.56. The molecular weight excluding hydrogens is 302 g/mol. The first-order valence-electron chi connectivity index (χ1n) is 9.19. The highest BCUT2D eigenvalue weighted by Gasteiger charge is 2.14. The molecule has 3 rings (SSSR count). The van der Waals surface area contributed by atoms with Crippen LogP contribution in [0.15, 0.2) is 91.0 Å². The maximum Gasteiger partial charge on any atom is 0.0130 e.